The van der Waals surface area contributed by atoms with E-state index >= 15 is 0 Å². The minimum Gasteiger partial charge on any atom is -0.336 e. The maximum Gasteiger partial charge on any atom is 0.227 e. The van der Waals surface area contributed by atoms with Gasteiger partial charge in [-0.15, -0.1) is 23.7 Å². The Morgan fingerprint density at radius 2 is 2.24 bits per heavy atom. The van der Waals surface area contributed by atoms with Crippen LogP contribution in [0.5, 0.6) is 0 Å². The Bertz CT molecular complexity index is 875. The molecule has 1 fully saturated rings. The largest absolute Gasteiger partial charge is 0.336 e. The van der Waals surface area contributed by atoms with Crippen molar-refractivity contribution in [1.29, 1.82) is 0 Å². The molecule has 132 valence electrons. The number of thiophene rings is 1. The monoisotopic (exact) mass is 376 g/mol. The van der Waals surface area contributed by atoms with Gasteiger partial charge in [-0.05, 0) is 22.4 Å². The molecule has 3 heterocycles. The molecule has 2 aromatic heterocycles. The number of nitrogens with one attached hydrogen (secondary N) is 1. The molecule has 4 rings (SSSR count). The second kappa shape index (κ2) is 7.56. The van der Waals surface area contributed by atoms with E-state index in [9.17, 15) is 4.79 Å². The zero-order chi connectivity index (χ0) is 16.5. The number of nitrogens with zero attached hydrogens (tertiary/aromatic N) is 3. The van der Waals surface area contributed by atoms with E-state index in [1.165, 1.54) is 10.1 Å². The first-order valence-corrected chi connectivity index (χ1v) is 9.04. The van der Waals surface area contributed by atoms with Crippen LogP contribution in [-0.2, 0) is 18.3 Å². The molecule has 7 heteroatoms. The summed E-state index contributed by atoms with van der Waals surface area (Å²) >= 11 is 1.70. The number of halogens is 1. The molecule has 25 heavy (non-hydrogen) atoms. The first-order chi connectivity index (χ1) is 11.7. The molecule has 1 aliphatic heterocycles. The summed E-state index contributed by atoms with van der Waals surface area (Å²) in [5.74, 6) is 1.11. The van der Waals surface area contributed by atoms with Crippen LogP contribution >= 0.6 is 23.7 Å². The van der Waals surface area contributed by atoms with E-state index in [0.717, 1.165) is 31.0 Å². The number of imidazole rings is 1. The van der Waals surface area contributed by atoms with E-state index in [4.69, 9.17) is 0 Å². The number of carbonyl (C=O) groups excluding carboxylic acids is 1. The molecule has 1 aliphatic rings. The van der Waals surface area contributed by atoms with Crippen molar-refractivity contribution < 1.29 is 4.79 Å². The van der Waals surface area contributed by atoms with Crippen molar-refractivity contribution in [3.05, 3.63) is 53.4 Å². The molecule has 0 spiro atoms. The van der Waals surface area contributed by atoms with Crippen molar-refractivity contribution >= 4 is 39.7 Å². The Kier molecular flexibility index (Phi) is 5.42. The highest BCUT2D eigenvalue weighted by molar-refractivity contribution is 7.17. The summed E-state index contributed by atoms with van der Waals surface area (Å²) in [5.41, 5.74) is 1.12. The van der Waals surface area contributed by atoms with Gasteiger partial charge in [0, 0.05) is 43.8 Å². The van der Waals surface area contributed by atoms with Crippen LogP contribution in [0, 0.1) is 0 Å². The molecule has 1 atom stereocenters. The molecule has 1 saturated heterocycles. The van der Waals surface area contributed by atoms with Crippen LogP contribution in [-0.4, -0.2) is 40.0 Å². The van der Waals surface area contributed by atoms with Crippen LogP contribution in [0.25, 0.3) is 10.1 Å². The van der Waals surface area contributed by atoms with Crippen LogP contribution in [0.15, 0.2) is 42.0 Å². The molecule has 1 aromatic carbocycles. The highest BCUT2D eigenvalue weighted by atomic mass is 35.5. The highest BCUT2D eigenvalue weighted by Crippen LogP contribution is 2.28. The van der Waals surface area contributed by atoms with Gasteiger partial charge in [-0.3, -0.25) is 4.79 Å². The number of hydrogen-bond acceptors (Lipinski definition) is 4. The van der Waals surface area contributed by atoms with Crippen molar-refractivity contribution in [3.63, 3.8) is 0 Å². The highest BCUT2D eigenvalue weighted by Gasteiger charge is 2.30. The minimum atomic E-state index is -0.00356. The standard InChI is InChI=1S/C18H20N4OS.ClH/c1-21-8-7-20-18(21)15-11-19-6-9-22(15)17(23)10-13-12-24-16-5-3-2-4-14(13)16;/h2-5,7-8,12,15,19H,6,9-11H2,1H3;1H. The fraction of sp³-hybridized carbons (Fsp3) is 0.333. The first kappa shape index (κ1) is 17.9. The van der Waals surface area contributed by atoms with Crippen molar-refractivity contribution in [2.45, 2.75) is 12.5 Å². The molecular formula is C18H21ClN4OS. The fourth-order valence-corrected chi connectivity index (χ4v) is 4.33. The molecule has 0 aliphatic carbocycles. The fourth-order valence-electron chi connectivity index (χ4n) is 3.37. The van der Waals surface area contributed by atoms with Crippen LogP contribution in [0.1, 0.15) is 17.4 Å². The van der Waals surface area contributed by atoms with E-state index in [0.29, 0.717) is 6.42 Å². The van der Waals surface area contributed by atoms with Gasteiger partial charge in [0.15, 0.2) is 0 Å². The lowest BCUT2D eigenvalue weighted by Gasteiger charge is -2.35. The van der Waals surface area contributed by atoms with E-state index in [-0.39, 0.29) is 24.4 Å². The number of amides is 1. The zero-order valence-corrected chi connectivity index (χ0v) is 15.6. The molecule has 1 unspecified atom stereocenters. The van der Waals surface area contributed by atoms with Gasteiger partial charge in [0.2, 0.25) is 5.91 Å². The van der Waals surface area contributed by atoms with Gasteiger partial charge in [0.05, 0.1) is 6.42 Å². The maximum absolute atomic E-state index is 13.0. The number of rotatable bonds is 3. The van der Waals surface area contributed by atoms with Gasteiger partial charge >= 0.3 is 0 Å². The predicted octanol–water partition coefficient (Wildman–Crippen LogP) is 2.77. The van der Waals surface area contributed by atoms with Crippen molar-refractivity contribution in [3.8, 4) is 0 Å². The van der Waals surface area contributed by atoms with E-state index in [2.05, 4.69) is 27.8 Å². The molecule has 0 saturated carbocycles. The van der Waals surface area contributed by atoms with Gasteiger partial charge in [-0.25, -0.2) is 4.98 Å². The Morgan fingerprint density at radius 3 is 3.04 bits per heavy atom. The van der Waals surface area contributed by atoms with Gasteiger partial charge in [0.1, 0.15) is 11.9 Å². The topological polar surface area (TPSA) is 50.2 Å². The summed E-state index contributed by atoms with van der Waals surface area (Å²) in [4.78, 5) is 19.4. The lowest BCUT2D eigenvalue weighted by molar-refractivity contribution is -0.134. The summed E-state index contributed by atoms with van der Waals surface area (Å²) in [5, 5.41) is 6.68. The Hall–Kier alpha value is -1.89. The number of carbonyl (C=O) groups is 1. The SMILES string of the molecule is Cl.Cn1ccnc1C1CNCCN1C(=O)Cc1csc2ccccc12. The maximum atomic E-state index is 13.0. The minimum absolute atomic E-state index is 0. The third kappa shape index (κ3) is 3.42. The van der Waals surface area contributed by atoms with E-state index in [1.807, 2.05) is 34.8 Å². The number of aryl methyl sites for hydroxylation is 1. The Labute approximate surface area is 157 Å². The summed E-state index contributed by atoms with van der Waals surface area (Å²) in [7, 11) is 1.98. The lowest BCUT2D eigenvalue weighted by Crippen LogP contribution is -2.49. The number of benzene rings is 1. The lowest BCUT2D eigenvalue weighted by atomic mass is 10.1. The van der Waals surface area contributed by atoms with Crippen LogP contribution in [0.2, 0.25) is 0 Å². The van der Waals surface area contributed by atoms with Crippen LogP contribution in [0.4, 0.5) is 0 Å². The quantitative estimate of drug-likeness (QED) is 0.764. The van der Waals surface area contributed by atoms with Gasteiger partial charge < -0.3 is 14.8 Å². The number of fused-ring (bicyclic) bond motifs is 1. The van der Waals surface area contributed by atoms with Crippen molar-refractivity contribution in [1.82, 2.24) is 19.8 Å². The molecule has 5 nitrogen and oxygen atoms in total. The molecular weight excluding hydrogens is 356 g/mol. The zero-order valence-electron chi connectivity index (χ0n) is 14.0. The Balaban J connectivity index is 0.00000182. The molecule has 0 radical (unpaired) electrons. The second-order valence-electron chi connectivity index (χ2n) is 6.14. The molecule has 0 bridgehead atoms. The average Bonchev–Trinajstić information content (AvgIpc) is 3.21. The molecule has 1 amide bonds. The van der Waals surface area contributed by atoms with Crippen molar-refractivity contribution in [2.24, 2.45) is 7.05 Å². The summed E-state index contributed by atoms with van der Waals surface area (Å²) in [6, 6.07) is 8.27. The predicted molar refractivity (Wildman–Crippen MR) is 103 cm³/mol. The smallest absolute Gasteiger partial charge is 0.227 e. The summed E-state index contributed by atoms with van der Waals surface area (Å²) in [6.07, 6.45) is 4.17. The van der Waals surface area contributed by atoms with Crippen LogP contribution < -0.4 is 5.32 Å². The van der Waals surface area contributed by atoms with Crippen LogP contribution in [0.3, 0.4) is 0 Å². The van der Waals surface area contributed by atoms with Gasteiger partial charge in [0.25, 0.3) is 0 Å². The molecule has 3 aromatic rings. The first-order valence-electron chi connectivity index (χ1n) is 8.16. The van der Waals surface area contributed by atoms with E-state index < -0.39 is 0 Å². The summed E-state index contributed by atoms with van der Waals surface area (Å²) < 4.78 is 3.24. The number of hydrogen-bond donors (Lipinski definition) is 1. The summed E-state index contributed by atoms with van der Waals surface area (Å²) in [6.45, 7) is 2.30. The average molecular weight is 377 g/mol. The van der Waals surface area contributed by atoms with E-state index in [1.54, 1.807) is 17.5 Å². The number of piperazine rings is 1. The van der Waals surface area contributed by atoms with Gasteiger partial charge in [-0.2, -0.15) is 0 Å². The third-order valence-corrected chi connectivity index (χ3v) is 5.64. The van der Waals surface area contributed by atoms with Gasteiger partial charge in [-0.1, -0.05) is 18.2 Å². The number of aromatic nitrogens is 2. The molecule has 1 N–H and O–H groups in total. The second-order valence-corrected chi connectivity index (χ2v) is 7.05. The van der Waals surface area contributed by atoms with Crippen molar-refractivity contribution in [2.75, 3.05) is 19.6 Å². The third-order valence-electron chi connectivity index (χ3n) is 4.62. The normalized spacial score (nSPS) is 17.5. The Morgan fingerprint density at radius 1 is 1.40 bits per heavy atom.